The highest BCUT2D eigenvalue weighted by Crippen LogP contribution is 2.24. The zero-order valence-corrected chi connectivity index (χ0v) is 14.8. The Morgan fingerprint density at radius 2 is 2.00 bits per heavy atom. The molecule has 0 bridgehead atoms. The molecule has 0 unspecified atom stereocenters. The van der Waals surface area contributed by atoms with Crippen LogP contribution in [0.4, 0.5) is 17.6 Å². The first-order valence-electron chi connectivity index (χ1n) is 8.13. The summed E-state index contributed by atoms with van der Waals surface area (Å²) >= 11 is 0. The van der Waals surface area contributed by atoms with Crippen molar-refractivity contribution in [2.75, 3.05) is 17.7 Å². The number of nitrogens with zero attached hydrogens (tertiary/aromatic N) is 2. The van der Waals surface area contributed by atoms with Crippen molar-refractivity contribution >= 4 is 23.6 Å². The highest BCUT2D eigenvalue weighted by atomic mass is 16.5. The number of aromatic hydroxyl groups is 2. The fraction of sp³-hybridized carbons (Fsp3) is 0.111. The number of hydrogen-bond donors (Lipinski definition) is 5. The predicted octanol–water partition coefficient (Wildman–Crippen LogP) is 1.72. The van der Waals surface area contributed by atoms with Gasteiger partial charge in [-0.3, -0.25) is 4.98 Å². The van der Waals surface area contributed by atoms with E-state index >= 15 is 0 Å². The van der Waals surface area contributed by atoms with Gasteiger partial charge in [-0.15, -0.1) is 0 Å². The Balaban J connectivity index is 1.75. The number of carbonyl (C=O) groups is 1. The quantitative estimate of drug-likeness (QED) is 0.401. The number of rotatable bonds is 6. The molecule has 144 valence electrons. The lowest BCUT2D eigenvalue weighted by molar-refractivity contribution is 0.0597. The molecule has 0 saturated heterocycles. The number of anilines is 3. The second-order valence-electron chi connectivity index (χ2n) is 5.70. The SMILES string of the molecule is COC(=O)c1ccc(Nc2nc(NCc3cccc(O)c3)nc(=O)[nH]2)cc1O. The van der Waals surface area contributed by atoms with Crippen LogP contribution in [-0.4, -0.2) is 38.2 Å². The third-order valence-corrected chi connectivity index (χ3v) is 3.68. The molecule has 0 atom stereocenters. The maximum Gasteiger partial charge on any atom is 0.351 e. The molecule has 0 aliphatic rings. The second-order valence-corrected chi connectivity index (χ2v) is 5.70. The summed E-state index contributed by atoms with van der Waals surface area (Å²) in [6, 6.07) is 10.8. The van der Waals surface area contributed by atoms with Crippen LogP contribution in [0.15, 0.2) is 47.3 Å². The Hall–Kier alpha value is -4.08. The van der Waals surface area contributed by atoms with Crippen LogP contribution in [0.3, 0.4) is 0 Å². The summed E-state index contributed by atoms with van der Waals surface area (Å²) in [6.45, 7) is 0.298. The first kappa shape index (κ1) is 18.7. The number of aromatic nitrogens is 3. The van der Waals surface area contributed by atoms with Gasteiger partial charge in [0, 0.05) is 18.3 Å². The zero-order chi connectivity index (χ0) is 20.1. The normalized spacial score (nSPS) is 10.3. The molecule has 0 radical (unpaired) electrons. The van der Waals surface area contributed by atoms with Gasteiger partial charge in [-0.25, -0.2) is 9.59 Å². The Morgan fingerprint density at radius 3 is 2.71 bits per heavy atom. The summed E-state index contributed by atoms with van der Waals surface area (Å²) in [5.41, 5.74) is 0.546. The van der Waals surface area contributed by atoms with E-state index in [9.17, 15) is 19.8 Å². The number of benzene rings is 2. The number of carbonyl (C=O) groups excluding carboxylic acids is 1. The highest BCUT2D eigenvalue weighted by molar-refractivity contribution is 5.93. The average Bonchev–Trinajstić information content (AvgIpc) is 2.65. The van der Waals surface area contributed by atoms with Crippen molar-refractivity contribution in [1.29, 1.82) is 0 Å². The van der Waals surface area contributed by atoms with Gasteiger partial charge >= 0.3 is 11.7 Å². The average molecular weight is 383 g/mol. The van der Waals surface area contributed by atoms with Crippen molar-refractivity contribution in [3.8, 4) is 11.5 Å². The minimum absolute atomic E-state index is 0.0118. The maximum absolute atomic E-state index is 11.8. The molecule has 0 fully saturated rings. The summed E-state index contributed by atoms with van der Waals surface area (Å²) in [6.07, 6.45) is 0. The molecular weight excluding hydrogens is 366 g/mol. The van der Waals surface area contributed by atoms with Crippen molar-refractivity contribution in [2.45, 2.75) is 6.54 Å². The van der Waals surface area contributed by atoms with Gasteiger partial charge in [0.15, 0.2) is 0 Å². The van der Waals surface area contributed by atoms with E-state index in [0.29, 0.717) is 12.2 Å². The fourth-order valence-electron chi connectivity index (χ4n) is 2.40. The highest BCUT2D eigenvalue weighted by Gasteiger charge is 2.12. The summed E-state index contributed by atoms with van der Waals surface area (Å²) < 4.78 is 4.57. The Bertz CT molecular complexity index is 1070. The number of nitrogens with one attached hydrogen (secondary N) is 3. The smallest absolute Gasteiger partial charge is 0.351 e. The van der Waals surface area contributed by atoms with Crippen LogP contribution in [0.5, 0.6) is 11.5 Å². The lowest BCUT2D eigenvalue weighted by Crippen LogP contribution is -2.17. The number of H-pyrrole nitrogens is 1. The van der Waals surface area contributed by atoms with E-state index in [1.54, 1.807) is 24.3 Å². The molecular formula is C18H17N5O5. The molecule has 0 spiro atoms. The molecule has 2 aromatic carbocycles. The van der Waals surface area contributed by atoms with Gasteiger partial charge in [-0.05, 0) is 29.8 Å². The summed E-state index contributed by atoms with van der Waals surface area (Å²) in [4.78, 5) is 33.6. The molecule has 1 aromatic heterocycles. The van der Waals surface area contributed by atoms with Crippen LogP contribution >= 0.6 is 0 Å². The van der Waals surface area contributed by atoms with Crippen molar-refractivity contribution in [2.24, 2.45) is 0 Å². The van der Waals surface area contributed by atoms with E-state index in [0.717, 1.165) is 5.56 Å². The van der Waals surface area contributed by atoms with Gasteiger partial charge in [0.1, 0.15) is 17.1 Å². The maximum atomic E-state index is 11.8. The molecule has 0 saturated carbocycles. The second kappa shape index (κ2) is 8.08. The van der Waals surface area contributed by atoms with Gasteiger partial charge in [-0.2, -0.15) is 9.97 Å². The van der Waals surface area contributed by atoms with Gasteiger partial charge in [-0.1, -0.05) is 12.1 Å². The van der Waals surface area contributed by atoms with Crippen molar-refractivity contribution in [1.82, 2.24) is 15.0 Å². The lowest BCUT2D eigenvalue weighted by atomic mass is 10.2. The first-order chi connectivity index (χ1) is 13.4. The van der Waals surface area contributed by atoms with Gasteiger partial charge in [0.25, 0.3) is 0 Å². The number of phenolic OH excluding ortho intramolecular Hbond substituents is 2. The molecule has 10 heteroatoms. The topological polar surface area (TPSA) is 149 Å². The van der Waals surface area contributed by atoms with Crippen LogP contribution in [0.25, 0.3) is 0 Å². The summed E-state index contributed by atoms with van der Waals surface area (Å²) in [5.74, 6) is -0.661. The first-order valence-corrected chi connectivity index (χ1v) is 8.13. The van der Waals surface area contributed by atoms with Gasteiger partial charge in [0.05, 0.1) is 7.11 Å². The van der Waals surface area contributed by atoms with E-state index in [1.165, 1.54) is 25.3 Å². The lowest BCUT2D eigenvalue weighted by Gasteiger charge is -2.09. The van der Waals surface area contributed by atoms with Gasteiger partial charge in [0.2, 0.25) is 11.9 Å². The molecule has 0 aliphatic heterocycles. The van der Waals surface area contributed by atoms with E-state index in [4.69, 9.17) is 0 Å². The number of aromatic amines is 1. The van der Waals surface area contributed by atoms with Crippen LogP contribution in [0, 0.1) is 0 Å². The fourth-order valence-corrected chi connectivity index (χ4v) is 2.40. The minimum Gasteiger partial charge on any atom is -0.508 e. The molecule has 0 amide bonds. The molecule has 1 heterocycles. The Labute approximate surface area is 158 Å². The standard InChI is InChI=1S/C18H17N5O5/c1-28-15(26)13-6-5-11(8-14(13)25)20-17-21-16(22-18(27)23-17)19-9-10-3-2-4-12(24)7-10/h2-8,24-25H,9H2,1H3,(H3,19,20,21,22,23,27). The van der Waals surface area contributed by atoms with E-state index in [1.807, 2.05) is 0 Å². The number of phenols is 2. The van der Waals surface area contributed by atoms with Crippen LogP contribution in [-0.2, 0) is 11.3 Å². The van der Waals surface area contributed by atoms with Crippen molar-refractivity contribution < 1.29 is 19.7 Å². The number of methoxy groups -OCH3 is 1. The summed E-state index contributed by atoms with van der Waals surface area (Å²) in [5, 5.41) is 25.1. The third-order valence-electron chi connectivity index (χ3n) is 3.68. The monoisotopic (exact) mass is 383 g/mol. The van der Waals surface area contributed by atoms with Crippen molar-refractivity contribution in [3.63, 3.8) is 0 Å². The third kappa shape index (κ3) is 4.55. The Kier molecular flexibility index (Phi) is 5.40. The minimum atomic E-state index is -0.669. The van der Waals surface area contributed by atoms with Crippen LogP contribution in [0.2, 0.25) is 0 Å². The molecule has 28 heavy (non-hydrogen) atoms. The molecule has 0 aliphatic carbocycles. The summed E-state index contributed by atoms with van der Waals surface area (Å²) in [7, 11) is 1.21. The molecule has 3 aromatic rings. The van der Waals surface area contributed by atoms with Crippen LogP contribution < -0.4 is 16.3 Å². The Morgan fingerprint density at radius 1 is 1.18 bits per heavy atom. The zero-order valence-electron chi connectivity index (χ0n) is 14.8. The largest absolute Gasteiger partial charge is 0.508 e. The predicted molar refractivity (Wildman–Crippen MR) is 101 cm³/mol. The van der Waals surface area contributed by atoms with E-state index < -0.39 is 11.7 Å². The molecule has 10 nitrogen and oxygen atoms in total. The van der Waals surface area contributed by atoms with Crippen molar-refractivity contribution in [3.05, 3.63) is 64.1 Å². The molecule has 5 N–H and O–H groups in total. The number of esters is 1. The van der Waals surface area contributed by atoms with E-state index in [2.05, 4.69) is 30.3 Å². The van der Waals surface area contributed by atoms with Crippen LogP contribution in [0.1, 0.15) is 15.9 Å². The van der Waals surface area contributed by atoms with Gasteiger partial charge < -0.3 is 25.6 Å². The number of ether oxygens (including phenoxy) is 1. The number of hydrogen-bond acceptors (Lipinski definition) is 9. The molecule has 3 rings (SSSR count). The van der Waals surface area contributed by atoms with E-state index in [-0.39, 0.29) is 29.0 Å².